The second-order valence-electron chi connectivity index (χ2n) is 11.3. The highest BCUT2D eigenvalue weighted by Gasteiger charge is 2.40. The summed E-state index contributed by atoms with van der Waals surface area (Å²) < 4.78 is 21.3. The zero-order valence-corrected chi connectivity index (χ0v) is 25.7. The maximum atomic E-state index is 14.7. The molecule has 250 valence electrons. The van der Waals surface area contributed by atoms with E-state index in [2.05, 4.69) is 36.1 Å². The van der Waals surface area contributed by atoms with E-state index in [9.17, 15) is 19.1 Å². The Hall–Kier alpha value is -3.77. The normalized spacial score (nSPS) is 17.7. The number of aliphatic carboxylic acids is 1. The number of rotatable bonds is 13. The molecule has 1 saturated carbocycles. The van der Waals surface area contributed by atoms with Gasteiger partial charge in [0.05, 0.1) is 11.8 Å². The molecule has 2 aromatic rings. The van der Waals surface area contributed by atoms with E-state index < -0.39 is 11.8 Å². The zero-order valence-electron chi connectivity index (χ0n) is 25.7. The van der Waals surface area contributed by atoms with Crippen LogP contribution in [0.5, 0.6) is 0 Å². The zero-order chi connectivity index (χ0) is 32.6. The number of carboxylic acids is 1. The Balaban J connectivity index is 0.00000101. The number of para-hydroxylation sites is 1. The van der Waals surface area contributed by atoms with Crippen molar-refractivity contribution >= 4 is 18.0 Å². The molecule has 1 unspecified atom stereocenters. The van der Waals surface area contributed by atoms with Gasteiger partial charge >= 0.3 is 12.1 Å². The van der Waals surface area contributed by atoms with Gasteiger partial charge in [-0.3, -0.25) is 4.79 Å². The van der Waals surface area contributed by atoms with Gasteiger partial charge in [-0.1, -0.05) is 45.2 Å². The Bertz CT molecular complexity index is 1240. The average molecular weight is 634 g/mol. The highest BCUT2D eigenvalue weighted by atomic mass is 19.1. The number of hydrogen-bond donors (Lipinski definition) is 3. The van der Waals surface area contributed by atoms with E-state index in [0.29, 0.717) is 37.7 Å². The second kappa shape index (κ2) is 20.3. The molecule has 0 bridgehead atoms. The van der Waals surface area contributed by atoms with Crippen molar-refractivity contribution in [3.8, 4) is 5.69 Å². The number of carboxylic acid groups (broad SMARTS) is 1. The van der Waals surface area contributed by atoms with E-state index in [0.717, 1.165) is 44.7 Å². The number of hydrogen-bond acceptors (Lipinski definition) is 9. The Morgan fingerprint density at radius 3 is 2.42 bits per heavy atom. The van der Waals surface area contributed by atoms with Crippen molar-refractivity contribution in [2.24, 2.45) is 17.8 Å². The lowest BCUT2D eigenvalue weighted by atomic mass is 9.87. The van der Waals surface area contributed by atoms with Crippen molar-refractivity contribution in [1.29, 1.82) is 0 Å². The first-order chi connectivity index (χ1) is 21.1. The van der Waals surface area contributed by atoms with Gasteiger partial charge in [0.15, 0.2) is 5.69 Å². The van der Waals surface area contributed by atoms with Crippen molar-refractivity contribution in [1.82, 2.24) is 25.2 Å². The molecule has 1 saturated heterocycles. The van der Waals surface area contributed by atoms with Gasteiger partial charge < -0.3 is 25.2 Å². The molecule has 1 aliphatic carbocycles. The monoisotopic (exact) mass is 633 g/mol. The van der Waals surface area contributed by atoms with Crippen LogP contribution in [0, 0.1) is 23.6 Å². The number of benzene rings is 1. The molecule has 2 aliphatic rings. The number of amides is 1. The summed E-state index contributed by atoms with van der Waals surface area (Å²) >= 11 is 0. The number of unbranched alkanes of at least 4 members (excludes halogenated alkanes) is 1. The van der Waals surface area contributed by atoms with Gasteiger partial charge in [-0.05, 0) is 68.4 Å². The molecule has 2 heterocycles. The standard InChI is InChI=1S/C27H40FN5O3.C3H4O2.CO2.CH4/c1-18(2)17-32(21-14-20(15-29-16-21)26(34)19-11-12-19)27(35)25-24(10-6-7-13-36-3)33(31-30-25)23-9-5-4-8-22(23)28;1-2-3(4)5;2-1-3;/h4-5,8-9,18-21,26,29,34H,6-7,10-17H2,1-3H3;2H,1H2,(H,4,5);;1H4/t20-,21+,26?;;;/m1.../s1. The van der Waals surface area contributed by atoms with Gasteiger partial charge in [-0.15, -0.1) is 5.10 Å². The van der Waals surface area contributed by atoms with Gasteiger partial charge in [-0.25, -0.2) is 13.9 Å². The lowest BCUT2D eigenvalue weighted by Crippen LogP contribution is -2.54. The fraction of sp³-hybridized carbons (Fsp3) is 0.594. The minimum absolute atomic E-state index is 0. The predicted octanol–water partition coefficient (Wildman–Crippen LogP) is 3.53. The van der Waals surface area contributed by atoms with Crippen LogP contribution in [-0.4, -0.2) is 93.6 Å². The summed E-state index contributed by atoms with van der Waals surface area (Å²) in [4.78, 5) is 41.4. The summed E-state index contributed by atoms with van der Waals surface area (Å²) in [6, 6.07) is 6.37. The van der Waals surface area contributed by atoms with Crippen LogP contribution in [0.3, 0.4) is 0 Å². The summed E-state index contributed by atoms with van der Waals surface area (Å²) in [6.07, 6.45) is 5.80. The minimum Gasteiger partial charge on any atom is -0.478 e. The third-order valence-electron chi connectivity index (χ3n) is 7.45. The Morgan fingerprint density at radius 2 is 1.87 bits per heavy atom. The first kappa shape index (κ1) is 39.3. The van der Waals surface area contributed by atoms with E-state index in [1.807, 2.05) is 4.90 Å². The SMILES string of the molecule is C.C=CC(=O)O.COCCCCc1c(C(=O)N(CC(C)C)[C@@H]2CNC[C@H](C(O)C3CC3)C2)nnn1-c1ccccc1F.O=C=O. The van der Waals surface area contributed by atoms with Gasteiger partial charge in [0.25, 0.3) is 5.91 Å². The first-order valence-electron chi connectivity index (χ1n) is 14.8. The number of piperidine rings is 1. The lowest BCUT2D eigenvalue weighted by Gasteiger charge is -2.40. The Morgan fingerprint density at radius 1 is 1.22 bits per heavy atom. The van der Waals surface area contributed by atoms with Gasteiger partial charge in [0.1, 0.15) is 11.5 Å². The van der Waals surface area contributed by atoms with Gasteiger partial charge in [0.2, 0.25) is 0 Å². The molecule has 1 aromatic carbocycles. The highest BCUT2D eigenvalue weighted by molar-refractivity contribution is 5.93. The van der Waals surface area contributed by atoms with Crippen LogP contribution < -0.4 is 5.32 Å². The number of nitrogens with zero attached hydrogens (tertiary/aromatic N) is 4. The highest BCUT2D eigenvalue weighted by Crippen LogP contribution is 2.38. The topological polar surface area (TPSA) is 164 Å². The fourth-order valence-corrected chi connectivity index (χ4v) is 5.25. The van der Waals surface area contributed by atoms with E-state index in [1.54, 1.807) is 25.3 Å². The minimum atomic E-state index is -0.981. The molecular weight excluding hydrogens is 585 g/mol. The number of ether oxygens (including phenoxy) is 1. The van der Waals surface area contributed by atoms with Crippen molar-refractivity contribution in [3.63, 3.8) is 0 Å². The molecule has 1 aliphatic heterocycles. The third kappa shape index (κ3) is 12.3. The molecular formula is C32H48FN5O7. The molecule has 1 aromatic heterocycles. The molecule has 0 spiro atoms. The Labute approximate surface area is 264 Å². The largest absolute Gasteiger partial charge is 0.478 e. The molecule has 0 radical (unpaired) electrons. The molecule has 13 heteroatoms. The molecule has 1 amide bonds. The average Bonchev–Trinajstić information content (AvgIpc) is 3.78. The summed E-state index contributed by atoms with van der Waals surface area (Å²) in [6.45, 7) is 9.78. The molecule has 3 N–H and O–H groups in total. The quantitative estimate of drug-likeness (QED) is 0.220. The van der Waals surface area contributed by atoms with Crippen LogP contribution >= 0.6 is 0 Å². The summed E-state index contributed by atoms with van der Waals surface area (Å²) in [5.41, 5.74) is 1.18. The number of aromatic nitrogens is 3. The molecule has 45 heavy (non-hydrogen) atoms. The number of aliphatic hydroxyl groups excluding tert-OH is 1. The van der Waals surface area contributed by atoms with Gasteiger partial charge in [0, 0.05) is 45.5 Å². The number of carbonyl (C=O) groups excluding carboxylic acids is 3. The van der Waals surface area contributed by atoms with Crippen LogP contribution in [0.1, 0.15) is 69.6 Å². The first-order valence-corrected chi connectivity index (χ1v) is 14.8. The van der Waals surface area contributed by atoms with Crippen LogP contribution in [0.4, 0.5) is 4.39 Å². The third-order valence-corrected chi connectivity index (χ3v) is 7.45. The number of carbonyl (C=O) groups is 2. The number of halogens is 1. The predicted molar refractivity (Wildman–Crippen MR) is 165 cm³/mol. The van der Waals surface area contributed by atoms with Crippen molar-refractivity contribution in [3.05, 3.63) is 54.1 Å². The van der Waals surface area contributed by atoms with Crippen molar-refractivity contribution in [2.75, 3.05) is 33.4 Å². The van der Waals surface area contributed by atoms with Gasteiger partial charge in [-0.2, -0.15) is 9.59 Å². The van der Waals surface area contributed by atoms with E-state index in [4.69, 9.17) is 19.4 Å². The number of aliphatic hydroxyl groups is 1. The maximum Gasteiger partial charge on any atom is 0.373 e. The number of methoxy groups -OCH3 is 1. The van der Waals surface area contributed by atoms with Crippen LogP contribution in [0.25, 0.3) is 5.69 Å². The Kier molecular flexibility index (Phi) is 17.7. The molecule has 4 rings (SSSR count). The molecule has 12 nitrogen and oxygen atoms in total. The van der Waals surface area contributed by atoms with Crippen LogP contribution in [-0.2, 0) is 25.5 Å². The molecule has 2 fully saturated rings. The lowest BCUT2D eigenvalue weighted by molar-refractivity contribution is -0.191. The second-order valence-corrected chi connectivity index (χ2v) is 11.3. The smallest absolute Gasteiger partial charge is 0.373 e. The van der Waals surface area contributed by atoms with E-state index >= 15 is 0 Å². The summed E-state index contributed by atoms with van der Waals surface area (Å²) in [7, 11) is 1.66. The number of nitrogens with one attached hydrogen (secondary N) is 1. The maximum absolute atomic E-state index is 14.7. The van der Waals surface area contributed by atoms with Crippen LogP contribution in [0.15, 0.2) is 36.9 Å². The molecule has 3 atom stereocenters. The van der Waals surface area contributed by atoms with Crippen molar-refractivity contribution in [2.45, 2.75) is 71.9 Å². The van der Waals surface area contributed by atoms with Crippen molar-refractivity contribution < 1.29 is 38.5 Å². The fourth-order valence-electron chi connectivity index (χ4n) is 5.25. The van der Waals surface area contributed by atoms with E-state index in [-0.39, 0.29) is 54.8 Å². The van der Waals surface area contributed by atoms with E-state index in [1.165, 1.54) is 10.7 Å². The van der Waals surface area contributed by atoms with Crippen LogP contribution in [0.2, 0.25) is 0 Å². The summed E-state index contributed by atoms with van der Waals surface area (Å²) in [5.74, 6) is -0.793. The summed E-state index contributed by atoms with van der Waals surface area (Å²) in [5, 5.41) is 30.4.